The third-order valence-electron chi connectivity index (χ3n) is 5.69. The van der Waals surface area contributed by atoms with E-state index in [0.29, 0.717) is 29.6 Å². The van der Waals surface area contributed by atoms with E-state index in [9.17, 15) is 19.5 Å². The molecule has 26 heavy (non-hydrogen) atoms. The molecule has 0 amide bonds. The van der Waals surface area contributed by atoms with Gasteiger partial charge in [0.25, 0.3) is 0 Å². The molecule has 140 valence electrons. The molecule has 6 nitrogen and oxygen atoms in total. The predicted octanol–water partition coefficient (Wildman–Crippen LogP) is 1.88. The van der Waals surface area contributed by atoms with Gasteiger partial charge in [-0.15, -0.1) is 0 Å². The highest BCUT2D eigenvalue weighted by molar-refractivity contribution is 6.01. The highest BCUT2D eigenvalue weighted by Crippen LogP contribution is 2.43. The lowest BCUT2D eigenvalue weighted by Gasteiger charge is -2.31. The van der Waals surface area contributed by atoms with Crippen LogP contribution in [0.3, 0.4) is 0 Å². The van der Waals surface area contributed by atoms with Gasteiger partial charge in [0.2, 0.25) is 11.6 Å². The standard InChI is InChI=1S/C20H24O6/c1-9(2)13-7-6-12-8-14(25-19(12)23)15(10(3)4)18(22)20(24)11(5)16(21)17(13)26-20/h8,11,13-15,17,24H,1,3,6-7H2,2,4-5H3/t11-,13-,14+,15+,17?,20+/m0/s1. The van der Waals surface area contributed by atoms with Crippen molar-refractivity contribution in [2.24, 2.45) is 17.8 Å². The molecule has 1 fully saturated rings. The Balaban J connectivity index is 2.13. The first kappa shape index (κ1) is 18.7. The minimum atomic E-state index is -2.27. The Morgan fingerprint density at radius 2 is 1.88 bits per heavy atom. The quantitative estimate of drug-likeness (QED) is 0.597. The molecule has 0 saturated carbocycles. The summed E-state index contributed by atoms with van der Waals surface area (Å²) in [6, 6.07) is 0. The number of ketones is 2. The number of rotatable bonds is 2. The number of Topliss-reactive ketones (excluding diaryl/α,β-unsaturated/α-hetero) is 2. The van der Waals surface area contributed by atoms with E-state index in [0.717, 1.165) is 0 Å². The fourth-order valence-electron chi connectivity index (χ4n) is 4.04. The Bertz CT molecular complexity index is 747. The van der Waals surface area contributed by atoms with Gasteiger partial charge in [-0.05, 0) is 39.7 Å². The lowest BCUT2D eigenvalue weighted by atomic mass is 9.79. The van der Waals surface area contributed by atoms with Crippen molar-refractivity contribution in [1.82, 2.24) is 0 Å². The summed E-state index contributed by atoms with van der Waals surface area (Å²) in [7, 11) is 0. The maximum absolute atomic E-state index is 13.2. The summed E-state index contributed by atoms with van der Waals surface area (Å²) in [5.74, 6) is -6.18. The molecule has 3 aliphatic heterocycles. The molecule has 1 saturated heterocycles. The fraction of sp³-hybridized carbons (Fsp3) is 0.550. The van der Waals surface area contributed by atoms with E-state index in [1.54, 1.807) is 19.9 Å². The molecule has 4 bridgehead atoms. The van der Waals surface area contributed by atoms with Crippen LogP contribution < -0.4 is 0 Å². The van der Waals surface area contributed by atoms with Gasteiger partial charge in [-0.25, -0.2) is 4.79 Å². The Kier molecular flexibility index (Phi) is 4.53. The van der Waals surface area contributed by atoms with E-state index in [2.05, 4.69) is 13.2 Å². The smallest absolute Gasteiger partial charge is 0.334 e. The third-order valence-corrected chi connectivity index (χ3v) is 5.69. The number of aliphatic hydroxyl groups is 1. The number of carbonyl (C=O) groups is 3. The third kappa shape index (κ3) is 2.68. The highest BCUT2D eigenvalue weighted by atomic mass is 16.6. The number of hydrogen-bond acceptors (Lipinski definition) is 6. The first-order valence-electron chi connectivity index (χ1n) is 8.78. The second-order valence-electron chi connectivity index (χ2n) is 7.60. The van der Waals surface area contributed by atoms with E-state index in [1.807, 2.05) is 0 Å². The van der Waals surface area contributed by atoms with Crippen molar-refractivity contribution in [3.63, 3.8) is 0 Å². The highest BCUT2D eigenvalue weighted by Gasteiger charge is 2.60. The molecule has 6 atom stereocenters. The van der Waals surface area contributed by atoms with Gasteiger partial charge in [0.05, 0.1) is 11.8 Å². The lowest BCUT2D eigenvalue weighted by Crippen LogP contribution is -2.50. The van der Waals surface area contributed by atoms with E-state index in [-0.39, 0.29) is 5.78 Å². The summed E-state index contributed by atoms with van der Waals surface area (Å²) < 4.78 is 11.1. The zero-order valence-electron chi connectivity index (χ0n) is 15.3. The van der Waals surface area contributed by atoms with Crippen LogP contribution >= 0.6 is 0 Å². The Morgan fingerprint density at radius 1 is 1.23 bits per heavy atom. The molecule has 0 spiro atoms. The van der Waals surface area contributed by atoms with Crippen LogP contribution in [-0.4, -0.2) is 40.6 Å². The Hall–Kier alpha value is -2.05. The SMILES string of the molecule is C=C(C)[C@H]1C(=O)[C@]2(O)OC(C(=O)[C@@H]2C)[C@H](C(=C)C)CCC2=C[C@H]1OC2=O. The van der Waals surface area contributed by atoms with E-state index >= 15 is 0 Å². The predicted molar refractivity (Wildman–Crippen MR) is 92.8 cm³/mol. The summed E-state index contributed by atoms with van der Waals surface area (Å²) in [5, 5.41) is 11.0. The monoisotopic (exact) mass is 360 g/mol. The van der Waals surface area contributed by atoms with Crippen molar-refractivity contribution in [1.29, 1.82) is 0 Å². The van der Waals surface area contributed by atoms with E-state index < -0.39 is 47.5 Å². The van der Waals surface area contributed by atoms with Gasteiger partial charge in [-0.2, -0.15) is 0 Å². The molecule has 1 N–H and O–H groups in total. The van der Waals surface area contributed by atoms with E-state index in [1.165, 1.54) is 6.92 Å². The summed E-state index contributed by atoms with van der Waals surface area (Å²) in [4.78, 5) is 38.2. The number of fused-ring (bicyclic) bond motifs is 3. The van der Waals surface area contributed by atoms with Gasteiger partial charge >= 0.3 is 5.97 Å². The van der Waals surface area contributed by atoms with E-state index in [4.69, 9.17) is 9.47 Å². The topological polar surface area (TPSA) is 89.9 Å². The zero-order valence-corrected chi connectivity index (χ0v) is 15.3. The normalized spacial score (nSPS) is 39.9. The molecule has 3 rings (SSSR count). The molecule has 0 aromatic rings. The molecule has 0 aromatic heterocycles. The van der Waals surface area contributed by atoms with Crippen molar-refractivity contribution in [2.75, 3.05) is 0 Å². The fourth-order valence-corrected chi connectivity index (χ4v) is 4.04. The number of ether oxygens (including phenoxy) is 2. The molecule has 0 radical (unpaired) electrons. The van der Waals surface area contributed by atoms with Crippen molar-refractivity contribution < 1.29 is 29.0 Å². The number of esters is 1. The Morgan fingerprint density at radius 3 is 2.46 bits per heavy atom. The summed E-state index contributed by atoms with van der Waals surface area (Å²) >= 11 is 0. The van der Waals surface area contributed by atoms with Gasteiger partial charge in [0, 0.05) is 11.5 Å². The van der Waals surface area contributed by atoms with Crippen molar-refractivity contribution >= 4 is 17.5 Å². The molecule has 3 heterocycles. The minimum Gasteiger partial charge on any atom is -0.454 e. The summed E-state index contributed by atoms with van der Waals surface area (Å²) in [6.45, 7) is 12.6. The van der Waals surface area contributed by atoms with Gasteiger partial charge in [-0.3, -0.25) is 9.59 Å². The minimum absolute atomic E-state index is 0.330. The average Bonchev–Trinajstić information content (AvgIpc) is 3.00. The molecule has 0 aliphatic carbocycles. The molecular weight excluding hydrogens is 336 g/mol. The van der Waals surface area contributed by atoms with Crippen molar-refractivity contribution in [2.45, 2.75) is 51.6 Å². The average molecular weight is 360 g/mol. The van der Waals surface area contributed by atoms with Crippen LogP contribution in [0.1, 0.15) is 33.6 Å². The zero-order chi connectivity index (χ0) is 19.4. The second-order valence-corrected chi connectivity index (χ2v) is 7.60. The van der Waals surface area contributed by atoms with Gasteiger partial charge in [0.15, 0.2) is 5.78 Å². The van der Waals surface area contributed by atoms with Crippen LogP contribution in [0.2, 0.25) is 0 Å². The van der Waals surface area contributed by atoms with Crippen LogP contribution in [-0.2, 0) is 23.9 Å². The molecule has 3 aliphatic rings. The second kappa shape index (κ2) is 6.28. The van der Waals surface area contributed by atoms with Crippen molar-refractivity contribution in [3.05, 3.63) is 36.0 Å². The molecule has 0 aromatic carbocycles. The van der Waals surface area contributed by atoms with Crippen LogP contribution in [0.4, 0.5) is 0 Å². The number of carbonyl (C=O) groups excluding carboxylic acids is 3. The first-order chi connectivity index (χ1) is 12.1. The van der Waals surface area contributed by atoms with Crippen LogP contribution in [0.25, 0.3) is 0 Å². The van der Waals surface area contributed by atoms with Gasteiger partial charge in [0.1, 0.15) is 12.2 Å². The Labute approximate surface area is 152 Å². The van der Waals surface area contributed by atoms with Crippen LogP contribution in [0.5, 0.6) is 0 Å². The van der Waals surface area contributed by atoms with Crippen molar-refractivity contribution in [3.8, 4) is 0 Å². The molecule has 1 unspecified atom stereocenters. The first-order valence-corrected chi connectivity index (χ1v) is 8.78. The van der Waals surface area contributed by atoms with Crippen LogP contribution in [0.15, 0.2) is 36.0 Å². The van der Waals surface area contributed by atoms with Gasteiger partial charge < -0.3 is 14.6 Å². The summed E-state index contributed by atoms with van der Waals surface area (Å²) in [6.07, 6.45) is 0.635. The molecule has 6 heteroatoms. The van der Waals surface area contributed by atoms with Gasteiger partial charge in [-0.1, -0.05) is 24.3 Å². The largest absolute Gasteiger partial charge is 0.454 e. The maximum Gasteiger partial charge on any atom is 0.334 e. The maximum atomic E-state index is 13.2. The molecular formula is C20H24O6. The summed E-state index contributed by atoms with van der Waals surface area (Å²) in [5.41, 5.74) is 1.60. The van der Waals surface area contributed by atoms with Crippen LogP contribution in [0, 0.1) is 17.8 Å². The lowest BCUT2D eigenvalue weighted by molar-refractivity contribution is -0.217. The number of hydrogen-bond donors (Lipinski definition) is 1.